The molecule has 27 heteroatoms. The summed E-state index contributed by atoms with van der Waals surface area (Å²) in [5.74, 6) is -8.13. The third-order valence-corrected chi connectivity index (χ3v) is 16.1. The second-order valence-electron chi connectivity index (χ2n) is 21.7. The Labute approximate surface area is 472 Å². The van der Waals surface area contributed by atoms with Crippen LogP contribution in [0.15, 0.2) is 48.9 Å². The molecule has 3 aliphatic rings. The summed E-state index contributed by atoms with van der Waals surface area (Å²) in [7, 11) is 1.12. The molecule has 444 valence electrons. The van der Waals surface area contributed by atoms with Gasteiger partial charge in [-0.25, -0.2) is 17.9 Å². The van der Waals surface area contributed by atoms with Crippen molar-refractivity contribution in [3.63, 3.8) is 0 Å². The summed E-state index contributed by atoms with van der Waals surface area (Å²) in [6.45, 7) is 1.40. The molecule has 1 saturated heterocycles. The van der Waals surface area contributed by atoms with E-state index in [1.54, 1.807) is 24.0 Å². The molecule has 6 aromatic rings. The number of benzene rings is 2. The van der Waals surface area contributed by atoms with Crippen LogP contribution >= 0.6 is 0 Å². The lowest BCUT2D eigenvalue weighted by Crippen LogP contribution is -2.40. The number of aromatic nitrogens is 8. The normalized spacial score (nSPS) is 17.4. The zero-order valence-corrected chi connectivity index (χ0v) is 45.9. The van der Waals surface area contributed by atoms with Gasteiger partial charge >= 0.3 is 12.1 Å². The predicted molar refractivity (Wildman–Crippen MR) is 288 cm³/mol. The molecule has 1 saturated carbocycles. The first-order valence-electron chi connectivity index (χ1n) is 27.9. The number of hydrogen-bond donors (Lipinski definition) is 5. The van der Waals surface area contributed by atoms with Crippen molar-refractivity contribution in [1.82, 2.24) is 60.4 Å². The Hall–Kier alpha value is -8.13. The number of halogens is 6. The number of ether oxygens (including phenoxy) is 1. The van der Waals surface area contributed by atoms with Crippen molar-refractivity contribution >= 4 is 68.9 Å². The lowest BCUT2D eigenvalue weighted by Gasteiger charge is -2.32. The molecule has 83 heavy (non-hydrogen) atoms. The third-order valence-electron chi connectivity index (χ3n) is 16.1. The number of fused-ring (bicyclic) bond motifs is 4. The van der Waals surface area contributed by atoms with Gasteiger partial charge in [0.15, 0.2) is 11.4 Å². The zero-order chi connectivity index (χ0) is 59.2. The van der Waals surface area contributed by atoms with Gasteiger partial charge in [-0.1, -0.05) is 64.0 Å². The number of hydrogen-bond acceptors (Lipinski definition) is 12. The maximum atomic E-state index is 15.8. The lowest BCUT2D eigenvalue weighted by molar-refractivity contribution is -0.141. The summed E-state index contributed by atoms with van der Waals surface area (Å²) in [5.41, 5.74) is -1.37. The molecule has 4 aromatic heterocycles. The summed E-state index contributed by atoms with van der Waals surface area (Å²) in [6.07, 6.45) is 9.83. The van der Waals surface area contributed by atoms with Gasteiger partial charge in [0.25, 0.3) is 11.8 Å². The van der Waals surface area contributed by atoms with Crippen molar-refractivity contribution < 1.29 is 64.6 Å². The van der Waals surface area contributed by atoms with Crippen LogP contribution in [0.2, 0.25) is 0 Å². The summed E-state index contributed by atoms with van der Waals surface area (Å²) >= 11 is 0. The highest BCUT2D eigenvalue weighted by Crippen LogP contribution is 2.70. The number of piperidine rings is 1. The van der Waals surface area contributed by atoms with Crippen LogP contribution in [0.4, 0.5) is 32.0 Å². The number of H-pyrrole nitrogens is 1. The molecule has 2 aliphatic carbocycles. The Balaban J connectivity index is 0.633. The van der Waals surface area contributed by atoms with Crippen molar-refractivity contribution in [3.8, 4) is 11.1 Å². The maximum absolute atomic E-state index is 15.8. The minimum Gasteiger partial charge on any atom is -0.468 e. The molecule has 21 nitrogen and oxygen atoms in total. The fourth-order valence-corrected chi connectivity index (χ4v) is 11.3. The van der Waals surface area contributed by atoms with Crippen LogP contribution in [0, 0.1) is 17.2 Å². The molecule has 2 atom stereocenters. The second kappa shape index (κ2) is 25.2. The molecule has 0 radical (unpaired) electrons. The van der Waals surface area contributed by atoms with E-state index < -0.39 is 89.6 Å². The number of likely N-dealkylation sites (tertiary alicyclic amines) is 1. The maximum Gasteiger partial charge on any atom is 0.435 e. The van der Waals surface area contributed by atoms with Crippen LogP contribution < -0.4 is 21.3 Å². The molecular weight excluding hydrogens is 1100 g/mol. The summed E-state index contributed by atoms with van der Waals surface area (Å²) in [5, 5.41) is 28.9. The van der Waals surface area contributed by atoms with E-state index in [9.17, 15) is 55.5 Å². The number of esters is 1. The topological polar surface area (TPSA) is 262 Å². The van der Waals surface area contributed by atoms with Gasteiger partial charge < -0.3 is 30.9 Å². The van der Waals surface area contributed by atoms with Crippen molar-refractivity contribution in [3.05, 3.63) is 77.4 Å². The Kier molecular flexibility index (Phi) is 18.0. The van der Waals surface area contributed by atoms with E-state index in [2.05, 4.69) is 51.5 Å². The molecule has 0 spiro atoms. The fourth-order valence-electron chi connectivity index (χ4n) is 11.3. The molecule has 5 N–H and O–H groups in total. The molecule has 1 aliphatic heterocycles. The van der Waals surface area contributed by atoms with E-state index >= 15 is 4.39 Å². The van der Waals surface area contributed by atoms with Gasteiger partial charge in [0.2, 0.25) is 29.5 Å². The highest BCUT2D eigenvalue weighted by atomic mass is 19.4. The predicted octanol–water partition coefficient (Wildman–Crippen LogP) is 7.46. The van der Waals surface area contributed by atoms with E-state index in [1.165, 1.54) is 30.5 Å². The summed E-state index contributed by atoms with van der Waals surface area (Å²) < 4.78 is 96.0. The van der Waals surface area contributed by atoms with E-state index in [0.29, 0.717) is 43.0 Å². The van der Waals surface area contributed by atoms with Gasteiger partial charge in [0.1, 0.15) is 18.9 Å². The van der Waals surface area contributed by atoms with Crippen molar-refractivity contribution in [2.24, 2.45) is 11.3 Å². The lowest BCUT2D eigenvalue weighted by atomic mass is 9.87. The second-order valence-corrected chi connectivity index (χ2v) is 21.7. The van der Waals surface area contributed by atoms with Crippen LogP contribution in [0.3, 0.4) is 0 Å². The quantitative estimate of drug-likeness (QED) is 0.0213. The largest absolute Gasteiger partial charge is 0.468 e. The first-order valence-corrected chi connectivity index (χ1v) is 27.9. The Morgan fingerprint density at radius 3 is 2.23 bits per heavy atom. The number of rotatable bonds is 25. The highest BCUT2D eigenvalue weighted by Gasteiger charge is 2.78. The van der Waals surface area contributed by atoms with Crippen LogP contribution in [-0.4, -0.2) is 132 Å². The molecule has 5 heterocycles. The molecule has 5 amide bonds. The van der Waals surface area contributed by atoms with Crippen molar-refractivity contribution in [1.29, 1.82) is 0 Å². The molecule has 2 aromatic carbocycles. The molecule has 2 fully saturated rings. The molecule has 9 rings (SSSR count). The van der Waals surface area contributed by atoms with E-state index in [0.717, 1.165) is 93.2 Å². The number of alkyl halides is 5. The number of carbonyl (C=O) groups is 7. The van der Waals surface area contributed by atoms with E-state index in [-0.39, 0.29) is 76.8 Å². The molecule has 0 unspecified atom stereocenters. The number of carbonyl (C=O) groups excluding carboxylic acids is 7. The Morgan fingerprint density at radius 1 is 0.795 bits per heavy atom. The van der Waals surface area contributed by atoms with Gasteiger partial charge in [-0.2, -0.15) is 33.6 Å². The zero-order valence-electron chi connectivity index (χ0n) is 45.9. The number of methoxy groups -OCH3 is 1. The van der Waals surface area contributed by atoms with Crippen molar-refractivity contribution in [2.45, 2.75) is 134 Å². The third kappa shape index (κ3) is 13.4. The smallest absolute Gasteiger partial charge is 0.435 e. The number of anilines is 1. The van der Waals surface area contributed by atoms with Crippen LogP contribution in [0.5, 0.6) is 0 Å². The number of unbranched alkanes of at least 4 members (excludes halogenated alkanes) is 8. The first-order chi connectivity index (χ1) is 39.7. The van der Waals surface area contributed by atoms with Gasteiger partial charge in [0, 0.05) is 90.4 Å². The Morgan fingerprint density at radius 2 is 1.51 bits per heavy atom. The number of nitrogens with one attached hydrogen (secondary N) is 5. The van der Waals surface area contributed by atoms with Crippen LogP contribution in [0.25, 0.3) is 32.9 Å². The number of amides is 5. The Bertz CT molecular complexity index is 3420. The van der Waals surface area contributed by atoms with Gasteiger partial charge in [-0.3, -0.25) is 48.0 Å². The summed E-state index contributed by atoms with van der Waals surface area (Å²) in [6, 6.07) is 6.16. The van der Waals surface area contributed by atoms with Gasteiger partial charge in [0.05, 0.1) is 48.8 Å². The minimum atomic E-state index is -5.05. The highest BCUT2D eigenvalue weighted by molar-refractivity contribution is 6.04. The monoisotopic (exact) mass is 1160 g/mol. The van der Waals surface area contributed by atoms with Crippen LogP contribution in [0.1, 0.15) is 135 Å². The van der Waals surface area contributed by atoms with Gasteiger partial charge in [-0.15, -0.1) is 0 Å². The SMILES string of the molecule is COC(=O)CNC(=O)CNC(=O)Cn1nc(C(F)(F)F)c2c(-c3cc4c(cnn4C(=O)CCC(=O)NCCCCCCCCCCCC(=O)N4CCC(n5cc(NC(=O)c6n[nH]c7c6C[C@H]6C(F)(F)[C@@]6(C)C7)cn5)CC4)cc3F)cccc21. The average Bonchev–Trinajstić information content (AvgIpc) is 1.65. The standard InChI is InChI=1S/C56H65F6N13O8/c1-54-26-40-38(25-43(54)55(54,58)59)51(70-69-40)53(82)68-34-28-66-73(31-34)35-18-21-72(22-19-35)47(79)15-10-8-6-4-3-5-7-9-11-20-63-44(76)16-17-48(80)75-42-24-37(39(57)23-33(42)27-67-75)36-13-12-14-41-50(36)52(56(60,61)62)71-74(41)32-46(78)64-29-45(77)65-30-49(81)83-2/h12-14,23-24,27-28,31,35,43H,3-11,15-22,25-26,29-30,32H2,1-2H3,(H,63,76)(H,64,78)(H,65,77)(H,68,82)(H,69,70)/t43-,54+/m1/s1. The number of aromatic amines is 1. The van der Waals surface area contributed by atoms with Gasteiger partial charge in [-0.05, 0) is 55.9 Å². The van der Waals surface area contributed by atoms with E-state index in [4.69, 9.17) is 0 Å². The number of nitrogens with zero attached hydrogens (tertiary/aromatic N) is 8. The van der Waals surface area contributed by atoms with Crippen molar-refractivity contribution in [2.75, 3.05) is 45.2 Å². The fraction of sp³-hybridized carbons (Fsp3) is 0.518. The summed E-state index contributed by atoms with van der Waals surface area (Å²) in [4.78, 5) is 90.1. The molecular formula is C56H65F6N13O8. The first kappa shape index (κ1) is 59.5. The van der Waals surface area contributed by atoms with Crippen LogP contribution in [-0.2, 0) is 54.3 Å². The van der Waals surface area contributed by atoms with E-state index in [1.807, 2.05) is 4.90 Å². The average molecular weight is 1160 g/mol. The molecule has 0 bridgehead atoms. The minimum absolute atomic E-state index is 0.0622.